The van der Waals surface area contributed by atoms with Gasteiger partial charge >= 0.3 is 12.1 Å². The number of alkyl halides is 4. The lowest BCUT2D eigenvalue weighted by molar-refractivity contribution is -0.188. The number of ketones is 1. The molecule has 1 heterocycles. The number of carbonyl (C=O) groups is 2. The van der Waals surface area contributed by atoms with Gasteiger partial charge in [-0.2, -0.15) is 13.2 Å². The van der Waals surface area contributed by atoms with Crippen molar-refractivity contribution in [3.8, 4) is 0 Å². The minimum Gasteiger partial charge on any atom is -0.378 e. The fraction of sp³-hybridized carbons (Fsp3) is 0.800. The number of Topliss-reactive ketones (excluding diaryl/α,β-unsaturated/α-hetero) is 1. The average Bonchev–Trinajstić information content (AvgIpc) is 2.76. The summed E-state index contributed by atoms with van der Waals surface area (Å²) in [4.78, 5) is 23.5. The van der Waals surface area contributed by atoms with Crippen LogP contribution in [0, 0.1) is 5.92 Å². The van der Waals surface area contributed by atoms with E-state index >= 15 is 0 Å². The van der Waals surface area contributed by atoms with Gasteiger partial charge in [-0.3, -0.25) is 9.59 Å². The maximum atomic E-state index is 12.4. The van der Waals surface area contributed by atoms with Gasteiger partial charge in [0.25, 0.3) is 0 Å². The predicted molar refractivity (Wildman–Crippen MR) is 60.3 cm³/mol. The SMILES string of the molecule is CCN(C(=O)C(F)(F)F)C1COCC1C(=O)CBr. The van der Waals surface area contributed by atoms with Crippen LogP contribution < -0.4 is 0 Å². The number of amides is 1. The predicted octanol–water partition coefficient (Wildman–Crippen LogP) is 1.38. The smallest absolute Gasteiger partial charge is 0.378 e. The Morgan fingerprint density at radius 1 is 1.39 bits per heavy atom. The third kappa shape index (κ3) is 3.23. The second kappa shape index (κ2) is 6.01. The lowest BCUT2D eigenvalue weighted by Gasteiger charge is -2.30. The van der Waals surface area contributed by atoms with Crippen LogP contribution in [-0.4, -0.2) is 53.9 Å². The first-order valence-corrected chi connectivity index (χ1v) is 6.49. The van der Waals surface area contributed by atoms with Crippen molar-refractivity contribution in [2.45, 2.75) is 19.1 Å². The van der Waals surface area contributed by atoms with Gasteiger partial charge in [0.15, 0.2) is 5.78 Å². The molecule has 8 heteroatoms. The molecule has 1 rings (SSSR count). The summed E-state index contributed by atoms with van der Waals surface area (Å²) in [6.07, 6.45) is -4.93. The fourth-order valence-corrected chi connectivity index (χ4v) is 2.36. The zero-order chi connectivity index (χ0) is 13.9. The topological polar surface area (TPSA) is 46.6 Å². The molecule has 0 radical (unpaired) electrons. The summed E-state index contributed by atoms with van der Waals surface area (Å²) in [6, 6.07) is -0.839. The van der Waals surface area contributed by atoms with Crippen molar-refractivity contribution in [3.63, 3.8) is 0 Å². The van der Waals surface area contributed by atoms with Crippen molar-refractivity contribution in [1.82, 2.24) is 4.90 Å². The Kier molecular flexibility index (Phi) is 5.15. The average molecular weight is 332 g/mol. The molecule has 0 aromatic rings. The minimum absolute atomic E-state index is 0.0370. The van der Waals surface area contributed by atoms with Crippen LogP contribution in [0.1, 0.15) is 6.92 Å². The van der Waals surface area contributed by atoms with Crippen molar-refractivity contribution in [2.75, 3.05) is 25.1 Å². The maximum Gasteiger partial charge on any atom is 0.471 e. The molecule has 1 aliphatic rings. The molecule has 0 aromatic carbocycles. The number of rotatable bonds is 4. The Bertz CT molecular complexity index is 335. The van der Waals surface area contributed by atoms with Crippen LogP contribution in [0.3, 0.4) is 0 Å². The first-order valence-electron chi connectivity index (χ1n) is 5.37. The zero-order valence-electron chi connectivity index (χ0n) is 9.67. The number of ether oxygens (including phenoxy) is 1. The van der Waals surface area contributed by atoms with Gasteiger partial charge in [0, 0.05) is 6.54 Å². The molecule has 1 fully saturated rings. The van der Waals surface area contributed by atoms with Crippen LogP contribution in [0.5, 0.6) is 0 Å². The number of hydrogen-bond acceptors (Lipinski definition) is 3. The van der Waals surface area contributed by atoms with Gasteiger partial charge in [-0.25, -0.2) is 0 Å². The number of hydrogen-bond donors (Lipinski definition) is 0. The summed E-state index contributed by atoms with van der Waals surface area (Å²) < 4.78 is 42.3. The van der Waals surface area contributed by atoms with Crippen molar-refractivity contribution >= 4 is 27.6 Å². The fourth-order valence-electron chi connectivity index (χ4n) is 1.95. The van der Waals surface area contributed by atoms with Gasteiger partial charge in [0.2, 0.25) is 0 Å². The highest BCUT2D eigenvalue weighted by Crippen LogP contribution is 2.26. The number of nitrogens with zero attached hydrogens (tertiary/aromatic N) is 1. The molecule has 0 saturated carbocycles. The minimum atomic E-state index is -4.93. The highest BCUT2D eigenvalue weighted by Gasteiger charge is 2.47. The molecule has 18 heavy (non-hydrogen) atoms. The van der Waals surface area contributed by atoms with Gasteiger partial charge in [0.1, 0.15) is 0 Å². The Morgan fingerprint density at radius 2 is 2.00 bits per heavy atom. The van der Waals surface area contributed by atoms with Crippen LogP contribution in [-0.2, 0) is 14.3 Å². The molecule has 4 nitrogen and oxygen atoms in total. The van der Waals surface area contributed by atoms with Crippen molar-refractivity contribution in [3.05, 3.63) is 0 Å². The monoisotopic (exact) mass is 331 g/mol. The van der Waals surface area contributed by atoms with Crippen LogP contribution in [0.4, 0.5) is 13.2 Å². The van der Waals surface area contributed by atoms with Crippen LogP contribution >= 0.6 is 15.9 Å². The summed E-state index contributed by atoms with van der Waals surface area (Å²) >= 11 is 2.97. The van der Waals surface area contributed by atoms with E-state index in [2.05, 4.69) is 15.9 Å². The summed E-state index contributed by atoms with van der Waals surface area (Å²) in [6.45, 7) is 1.34. The molecule has 1 aliphatic heterocycles. The molecule has 0 spiro atoms. The maximum absolute atomic E-state index is 12.4. The number of halogens is 4. The van der Waals surface area contributed by atoms with E-state index in [1.165, 1.54) is 6.92 Å². The molecule has 2 unspecified atom stereocenters. The van der Waals surface area contributed by atoms with Crippen LogP contribution in [0.2, 0.25) is 0 Å². The molecule has 0 aromatic heterocycles. The highest BCUT2D eigenvalue weighted by atomic mass is 79.9. The third-order valence-corrected chi connectivity index (χ3v) is 3.39. The second-order valence-electron chi connectivity index (χ2n) is 3.90. The normalized spacial score (nSPS) is 24.1. The molecule has 104 valence electrons. The van der Waals surface area contributed by atoms with Crippen molar-refractivity contribution < 1.29 is 27.5 Å². The summed E-state index contributed by atoms with van der Waals surface area (Å²) in [5.41, 5.74) is 0. The molecular formula is C10H13BrF3NO3. The molecule has 1 saturated heterocycles. The lowest BCUT2D eigenvalue weighted by atomic mass is 9.98. The molecular weight excluding hydrogens is 319 g/mol. The Hall–Kier alpha value is -0.630. The quantitative estimate of drug-likeness (QED) is 0.731. The summed E-state index contributed by atoms with van der Waals surface area (Å²) in [7, 11) is 0. The van der Waals surface area contributed by atoms with Crippen molar-refractivity contribution in [1.29, 1.82) is 0 Å². The standard InChI is InChI=1S/C10H13BrF3NO3/c1-2-15(9(17)10(12,13)14)7-5-18-4-6(7)8(16)3-11/h6-7H,2-5H2,1H3. The van der Waals surface area contributed by atoms with E-state index in [1.807, 2.05) is 0 Å². The van der Waals surface area contributed by atoms with E-state index in [0.29, 0.717) is 4.90 Å². The van der Waals surface area contributed by atoms with Gasteiger partial charge in [-0.15, -0.1) is 0 Å². The summed E-state index contributed by atoms with van der Waals surface area (Å²) in [5, 5.41) is 0.0370. The largest absolute Gasteiger partial charge is 0.471 e. The number of likely N-dealkylation sites (N-methyl/N-ethyl adjacent to an activating group) is 1. The van der Waals surface area contributed by atoms with E-state index in [-0.39, 0.29) is 30.9 Å². The van der Waals surface area contributed by atoms with E-state index in [9.17, 15) is 22.8 Å². The lowest BCUT2D eigenvalue weighted by Crippen LogP contribution is -2.51. The van der Waals surface area contributed by atoms with Gasteiger partial charge < -0.3 is 9.64 Å². The second-order valence-corrected chi connectivity index (χ2v) is 4.46. The van der Waals surface area contributed by atoms with Gasteiger partial charge in [0.05, 0.1) is 30.5 Å². The van der Waals surface area contributed by atoms with E-state index in [1.54, 1.807) is 0 Å². The van der Waals surface area contributed by atoms with Crippen LogP contribution in [0.15, 0.2) is 0 Å². The first-order chi connectivity index (χ1) is 8.32. The molecule has 0 aliphatic carbocycles. The molecule has 1 amide bonds. The van der Waals surface area contributed by atoms with Gasteiger partial charge in [-0.05, 0) is 6.92 Å². The van der Waals surface area contributed by atoms with Gasteiger partial charge in [-0.1, -0.05) is 15.9 Å². The molecule has 0 bridgehead atoms. The first kappa shape index (κ1) is 15.4. The Balaban J connectivity index is 2.88. The summed E-state index contributed by atoms with van der Waals surface area (Å²) in [5.74, 6) is -2.88. The van der Waals surface area contributed by atoms with E-state index in [4.69, 9.17) is 4.74 Å². The zero-order valence-corrected chi connectivity index (χ0v) is 11.3. The van der Waals surface area contributed by atoms with Crippen molar-refractivity contribution in [2.24, 2.45) is 5.92 Å². The Morgan fingerprint density at radius 3 is 2.44 bits per heavy atom. The number of carbonyl (C=O) groups excluding carboxylic acids is 2. The third-order valence-electron chi connectivity index (χ3n) is 2.84. The Labute approximate surface area is 111 Å². The van der Waals surface area contributed by atoms with E-state index < -0.39 is 24.0 Å². The molecule has 0 N–H and O–H groups in total. The highest BCUT2D eigenvalue weighted by molar-refractivity contribution is 9.09. The van der Waals surface area contributed by atoms with E-state index in [0.717, 1.165) is 0 Å². The van der Waals surface area contributed by atoms with Crippen LogP contribution in [0.25, 0.3) is 0 Å². The molecule has 2 atom stereocenters.